The highest BCUT2D eigenvalue weighted by molar-refractivity contribution is 6.32. The standard InChI is InChI=1S/C7H6ClF2NO2/c8-5-3(2-12)1-11-7(13)4(5)6(9)10/h1,6,12H,2H2,(H,11,13). The Morgan fingerprint density at radius 3 is 2.69 bits per heavy atom. The smallest absolute Gasteiger partial charge is 0.270 e. The second-order valence-corrected chi connectivity index (χ2v) is 2.71. The van der Waals surface area contributed by atoms with E-state index in [-0.39, 0.29) is 10.6 Å². The number of aromatic nitrogens is 1. The van der Waals surface area contributed by atoms with Gasteiger partial charge in [0.25, 0.3) is 12.0 Å². The van der Waals surface area contributed by atoms with Crippen molar-refractivity contribution in [3.63, 3.8) is 0 Å². The predicted molar refractivity (Wildman–Crippen MR) is 43.0 cm³/mol. The number of hydrogen-bond donors (Lipinski definition) is 2. The third-order valence-electron chi connectivity index (χ3n) is 1.53. The monoisotopic (exact) mass is 209 g/mol. The lowest BCUT2D eigenvalue weighted by atomic mass is 10.2. The largest absolute Gasteiger partial charge is 0.392 e. The fourth-order valence-corrected chi connectivity index (χ4v) is 1.16. The molecule has 2 N–H and O–H groups in total. The first-order chi connectivity index (χ1) is 6.07. The normalized spacial score (nSPS) is 10.8. The Morgan fingerprint density at radius 2 is 2.23 bits per heavy atom. The van der Waals surface area contributed by atoms with Crippen molar-refractivity contribution in [3.8, 4) is 0 Å². The van der Waals surface area contributed by atoms with Gasteiger partial charge >= 0.3 is 0 Å². The quantitative estimate of drug-likeness (QED) is 0.775. The lowest BCUT2D eigenvalue weighted by molar-refractivity contribution is 0.149. The number of hydrogen-bond acceptors (Lipinski definition) is 2. The van der Waals surface area contributed by atoms with E-state index < -0.39 is 24.2 Å². The average molecular weight is 210 g/mol. The maximum Gasteiger partial charge on any atom is 0.270 e. The number of alkyl halides is 2. The molecule has 1 rings (SSSR count). The summed E-state index contributed by atoms with van der Waals surface area (Å²) in [4.78, 5) is 12.9. The fourth-order valence-electron chi connectivity index (χ4n) is 0.876. The van der Waals surface area contributed by atoms with E-state index in [4.69, 9.17) is 16.7 Å². The highest BCUT2D eigenvalue weighted by Crippen LogP contribution is 2.25. The summed E-state index contributed by atoms with van der Waals surface area (Å²) in [7, 11) is 0. The molecule has 0 atom stereocenters. The van der Waals surface area contributed by atoms with Crippen LogP contribution in [0, 0.1) is 0 Å². The van der Waals surface area contributed by atoms with Crippen LogP contribution in [0.5, 0.6) is 0 Å². The second kappa shape index (κ2) is 3.85. The summed E-state index contributed by atoms with van der Waals surface area (Å²) in [6.45, 7) is -0.491. The molecule has 0 aliphatic heterocycles. The summed E-state index contributed by atoms with van der Waals surface area (Å²) in [6.07, 6.45) is -1.83. The Labute approximate surface area is 77.0 Å². The van der Waals surface area contributed by atoms with E-state index in [1.54, 1.807) is 0 Å². The molecule has 13 heavy (non-hydrogen) atoms. The molecule has 0 fully saturated rings. The summed E-state index contributed by atoms with van der Waals surface area (Å²) in [6, 6.07) is 0. The number of halogens is 3. The molecule has 0 radical (unpaired) electrons. The Kier molecular flexibility index (Phi) is 3.00. The van der Waals surface area contributed by atoms with Gasteiger partial charge < -0.3 is 10.1 Å². The molecule has 6 heteroatoms. The molecule has 0 saturated carbocycles. The van der Waals surface area contributed by atoms with Crippen LogP contribution in [0.4, 0.5) is 8.78 Å². The van der Waals surface area contributed by atoms with Crippen LogP contribution in [0.3, 0.4) is 0 Å². The molecular weight excluding hydrogens is 204 g/mol. The van der Waals surface area contributed by atoms with Gasteiger partial charge in [0.15, 0.2) is 0 Å². The van der Waals surface area contributed by atoms with Crippen molar-refractivity contribution >= 4 is 11.6 Å². The fraction of sp³-hybridized carbons (Fsp3) is 0.286. The molecule has 0 aliphatic rings. The van der Waals surface area contributed by atoms with E-state index in [0.717, 1.165) is 6.20 Å². The van der Waals surface area contributed by atoms with Gasteiger partial charge in [-0.2, -0.15) is 0 Å². The topological polar surface area (TPSA) is 53.1 Å². The maximum atomic E-state index is 12.2. The molecule has 0 aliphatic carbocycles. The molecular formula is C7H6ClF2NO2. The summed E-state index contributed by atoms with van der Waals surface area (Å²) in [5.41, 5.74) is -1.65. The van der Waals surface area contributed by atoms with Gasteiger partial charge in [-0.15, -0.1) is 0 Å². The SMILES string of the molecule is O=c1[nH]cc(CO)c(Cl)c1C(F)F. The summed E-state index contributed by atoms with van der Waals surface area (Å²) in [5.74, 6) is 0. The summed E-state index contributed by atoms with van der Waals surface area (Å²) >= 11 is 5.45. The van der Waals surface area contributed by atoms with Crippen LogP contribution in [0.15, 0.2) is 11.0 Å². The number of aliphatic hydroxyl groups excluding tert-OH is 1. The van der Waals surface area contributed by atoms with Crippen molar-refractivity contribution in [1.29, 1.82) is 0 Å². The molecule has 3 nitrogen and oxygen atoms in total. The van der Waals surface area contributed by atoms with Gasteiger partial charge in [0.2, 0.25) is 0 Å². The van der Waals surface area contributed by atoms with Crippen molar-refractivity contribution < 1.29 is 13.9 Å². The van der Waals surface area contributed by atoms with Crippen LogP contribution < -0.4 is 5.56 Å². The number of nitrogens with one attached hydrogen (secondary N) is 1. The molecule has 0 saturated heterocycles. The average Bonchev–Trinajstić information content (AvgIpc) is 2.04. The Hall–Kier alpha value is -0.940. The first-order valence-corrected chi connectivity index (χ1v) is 3.74. The zero-order valence-corrected chi connectivity index (χ0v) is 7.11. The van der Waals surface area contributed by atoms with E-state index in [1.165, 1.54) is 0 Å². The maximum absolute atomic E-state index is 12.2. The van der Waals surface area contributed by atoms with Crippen LogP contribution in [0.25, 0.3) is 0 Å². The molecule has 1 aromatic heterocycles. The third kappa shape index (κ3) is 1.87. The van der Waals surface area contributed by atoms with Crippen molar-refractivity contribution in [3.05, 3.63) is 32.7 Å². The van der Waals surface area contributed by atoms with Crippen LogP contribution in [0.2, 0.25) is 5.02 Å². The van der Waals surface area contributed by atoms with Gasteiger partial charge in [-0.3, -0.25) is 4.79 Å². The molecule has 0 bridgehead atoms. The highest BCUT2D eigenvalue weighted by atomic mass is 35.5. The second-order valence-electron chi connectivity index (χ2n) is 2.33. The van der Waals surface area contributed by atoms with Crippen molar-refractivity contribution in [2.24, 2.45) is 0 Å². The number of rotatable bonds is 2. The summed E-state index contributed by atoms with van der Waals surface area (Å²) in [5, 5.41) is 8.29. The van der Waals surface area contributed by atoms with Crippen LogP contribution in [-0.2, 0) is 6.61 Å². The van der Waals surface area contributed by atoms with Gasteiger partial charge in [-0.25, -0.2) is 8.78 Å². The van der Waals surface area contributed by atoms with Gasteiger partial charge in [0, 0.05) is 11.8 Å². The third-order valence-corrected chi connectivity index (χ3v) is 1.98. The van der Waals surface area contributed by atoms with Crippen molar-refractivity contribution in [2.45, 2.75) is 13.0 Å². The van der Waals surface area contributed by atoms with E-state index in [1.807, 2.05) is 0 Å². The molecule has 72 valence electrons. The van der Waals surface area contributed by atoms with E-state index >= 15 is 0 Å². The Bertz CT molecular complexity index is 364. The summed E-state index contributed by atoms with van der Waals surface area (Å²) < 4.78 is 24.4. The highest BCUT2D eigenvalue weighted by Gasteiger charge is 2.18. The molecule has 1 heterocycles. The van der Waals surface area contributed by atoms with Crippen LogP contribution in [-0.4, -0.2) is 10.1 Å². The van der Waals surface area contributed by atoms with Crippen molar-refractivity contribution in [2.75, 3.05) is 0 Å². The number of aliphatic hydroxyl groups is 1. The number of aromatic amines is 1. The molecule has 0 spiro atoms. The lowest BCUT2D eigenvalue weighted by Gasteiger charge is -2.04. The predicted octanol–water partition coefficient (Wildman–Crippen LogP) is 1.46. The Balaban J connectivity index is 3.39. The molecule has 1 aromatic rings. The van der Waals surface area contributed by atoms with Crippen LogP contribution in [0.1, 0.15) is 17.6 Å². The van der Waals surface area contributed by atoms with Gasteiger partial charge in [-0.1, -0.05) is 11.6 Å². The first kappa shape index (κ1) is 10.1. The van der Waals surface area contributed by atoms with Gasteiger partial charge in [0.05, 0.1) is 11.6 Å². The van der Waals surface area contributed by atoms with Gasteiger partial charge in [0.1, 0.15) is 5.56 Å². The number of H-pyrrole nitrogens is 1. The van der Waals surface area contributed by atoms with E-state index in [0.29, 0.717) is 0 Å². The lowest BCUT2D eigenvalue weighted by Crippen LogP contribution is -2.14. The number of pyridine rings is 1. The first-order valence-electron chi connectivity index (χ1n) is 3.37. The van der Waals surface area contributed by atoms with Crippen molar-refractivity contribution in [1.82, 2.24) is 4.98 Å². The molecule has 0 aromatic carbocycles. The molecule has 0 unspecified atom stereocenters. The van der Waals surface area contributed by atoms with E-state index in [2.05, 4.69) is 4.98 Å². The van der Waals surface area contributed by atoms with Crippen LogP contribution >= 0.6 is 11.6 Å². The Morgan fingerprint density at radius 1 is 1.62 bits per heavy atom. The zero-order chi connectivity index (χ0) is 10.0. The van der Waals surface area contributed by atoms with E-state index in [9.17, 15) is 13.6 Å². The molecule has 0 amide bonds. The minimum atomic E-state index is -2.94. The van der Waals surface area contributed by atoms with Gasteiger partial charge in [-0.05, 0) is 0 Å². The minimum absolute atomic E-state index is 0.0802. The zero-order valence-electron chi connectivity index (χ0n) is 6.35. The minimum Gasteiger partial charge on any atom is -0.392 e.